The lowest BCUT2D eigenvalue weighted by Crippen LogP contribution is -2.27. The lowest BCUT2D eigenvalue weighted by atomic mass is 10.1. The first-order chi connectivity index (χ1) is 15.4. The van der Waals surface area contributed by atoms with Gasteiger partial charge >= 0.3 is 0 Å². The zero-order chi connectivity index (χ0) is 22.7. The van der Waals surface area contributed by atoms with Gasteiger partial charge in [-0.2, -0.15) is 0 Å². The maximum atomic E-state index is 13.9. The number of rotatable bonds is 7. The highest BCUT2D eigenvalue weighted by atomic mass is 32.2. The molecule has 32 heavy (non-hydrogen) atoms. The van der Waals surface area contributed by atoms with Gasteiger partial charge in [-0.1, -0.05) is 23.9 Å². The van der Waals surface area contributed by atoms with Gasteiger partial charge in [-0.3, -0.25) is 9.36 Å². The fraction of sp³-hybridized carbons (Fsp3) is 0.348. The zero-order valence-electron chi connectivity index (χ0n) is 18.3. The second kappa shape index (κ2) is 9.70. The number of benzene rings is 2. The Morgan fingerprint density at radius 3 is 2.91 bits per heavy atom. The summed E-state index contributed by atoms with van der Waals surface area (Å²) in [5.41, 5.74) is 4.67. The highest BCUT2D eigenvalue weighted by Gasteiger charge is 2.18. The number of nitrogens with zero attached hydrogens (tertiary/aromatic N) is 3. The third-order valence-electron chi connectivity index (χ3n) is 5.20. The Hall–Kier alpha value is -2.91. The summed E-state index contributed by atoms with van der Waals surface area (Å²) < 4.78 is 26.6. The third-order valence-corrected chi connectivity index (χ3v) is 6.13. The monoisotopic (exact) mass is 456 g/mol. The Balaban J connectivity index is 1.36. The largest absolute Gasteiger partial charge is 0.467 e. The molecule has 1 aliphatic heterocycles. The molecular weight excluding hydrogens is 431 g/mol. The molecule has 0 unspecified atom stereocenters. The number of amides is 1. The van der Waals surface area contributed by atoms with Crippen molar-refractivity contribution in [1.82, 2.24) is 20.1 Å². The van der Waals surface area contributed by atoms with Crippen LogP contribution in [-0.4, -0.2) is 39.8 Å². The predicted molar refractivity (Wildman–Crippen MR) is 120 cm³/mol. The fourth-order valence-electron chi connectivity index (χ4n) is 3.63. The van der Waals surface area contributed by atoms with Crippen molar-refractivity contribution < 1.29 is 18.7 Å². The SMILES string of the molecule is Cc1ccc(C)c(-n2c(C)nnc2SCC(=O)NCCc2cc(F)cc3c2OCOC3)c1. The number of thioether (sulfide) groups is 1. The molecule has 1 N–H and O–H groups in total. The van der Waals surface area contributed by atoms with Crippen LogP contribution in [0.4, 0.5) is 4.39 Å². The van der Waals surface area contributed by atoms with Crippen LogP contribution in [0.5, 0.6) is 5.75 Å². The molecule has 2 heterocycles. The van der Waals surface area contributed by atoms with Crippen molar-refractivity contribution in [3.8, 4) is 11.4 Å². The van der Waals surface area contributed by atoms with Crippen LogP contribution < -0.4 is 10.1 Å². The van der Waals surface area contributed by atoms with Gasteiger partial charge in [0.05, 0.1) is 18.0 Å². The molecule has 0 bridgehead atoms. The van der Waals surface area contributed by atoms with Crippen LogP contribution in [0.15, 0.2) is 35.5 Å². The Morgan fingerprint density at radius 2 is 2.06 bits per heavy atom. The number of carbonyl (C=O) groups excluding carboxylic acids is 1. The summed E-state index contributed by atoms with van der Waals surface area (Å²) in [5, 5.41) is 12.0. The van der Waals surface area contributed by atoms with Crippen LogP contribution in [0.1, 0.15) is 28.1 Å². The van der Waals surface area contributed by atoms with Crippen LogP contribution in [-0.2, 0) is 22.6 Å². The van der Waals surface area contributed by atoms with E-state index in [0.717, 1.165) is 28.2 Å². The van der Waals surface area contributed by atoms with Crippen molar-refractivity contribution in [3.05, 3.63) is 64.2 Å². The summed E-state index contributed by atoms with van der Waals surface area (Å²) >= 11 is 1.33. The second-order valence-corrected chi connectivity index (χ2v) is 8.65. The van der Waals surface area contributed by atoms with Gasteiger partial charge in [0.2, 0.25) is 5.91 Å². The maximum absolute atomic E-state index is 13.9. The summed E-state index contributed by atoms with van der Waals surface area (Å²) in [7, 11) is 0. The molecular formula is C23H25FN4O3S. The van der Waals surface area contributed by atoms with Crippen molar-refractivity contribution in [3.63, 3.8) is 0 Å². The van der Waals surface area contributed by atoms with Crippen LogP contribution in [0.25, 0.3) is 5.69 Å². The number of halogens is 1. The molecule has 0 fully saturated rings. The average molecular weight is 457 g/mol. The minimum atomic E-state index is -0.337. The molecule has 7 nitrogen and oxygen atoms in total. The van der Waals surface area contributed by atoms with Crippen LogP contribution in [0.3, 0.4) is 0 Å². The van der Waals surface area contributed by atoms with Crippen molar-refractivity contribution in [1.29, 1.82) is 0 Å². The van der Waals surface area contributed by atoms with E-state index in [1.54, 1.807) is 0 Å². The van der Waals surface area contributed by atoms with Crippen molar-refractivity contribution in [2.75, 3.05) is 19.1 Å². The Kier molecular flexibility index (Phi) is 6.76. The van der Waals surface area contributed by atoms with Gasteiger partial charge in [0.15, 0.2) is 11.9 Å². The lowest BCUT2D eigenvalue weighted by molar-refractivity contribution is -0.118. The number of nitrogens with one attached hydrogen (secondary N) is 1. The molecule has 0 atom stereocenters. The van der Waals surface area contributed by atoms with Gasteiger partial charge in [0.25, 0.3) is 0 Å². The van der Waals surface area contributed by atoms with Gasteiger partial charge in [0.1, 0.15) is 17.4 Å². The van der Waals surface area contributed by atoms with Crippen molar-refractivity contribution >= 4 is 17.7 Å². The molecule has 0 aliphatic carbocycles. The van der Waals surface area contributed by atoms with Crippen LogP contribution in [0, 0.1) is 26.6 Å². The first-order valence-corrected chi connectivity index (χ1v) is 11.3. The summed E-state index contributed by atoms with van der Waals surface area (Å²) in [5.74, 6) is 1.16. The predicted octanol–water partition coefficient (Wildman–Crippen LogP) is 3.65. The van der Waals surface area contributed by atoms with Gasteiger partial charge in [-0.05, 0) is 62.1 Å². The third kappa shape index (κ3) is 4.94. The van der Waals surface area contributed by atoms with E-state index in [1.165, 1.54) is 23.9 Å². The number of carbonyl (C=O) groups is 1. The summed E-state index contributed by atoms with van der Waals surface area (Å²) in [6.07, 6.45) is 0.467. The molecule has 1 aliphatic rings. The first-order valence-electron chi connectivity index (χ1n) is 10.3. The summed E-state index contributed by atoms with van der Waals surface area (Å²) in [6, 6.07) is 9.07. The Labute approximate surface area is 190 Å². The van der Waals surface area contributed by atoms with Crippen LogP contribution >= 0.6 is 11.8 Å². The van der Waals surface area contributed by atoms with E-state index in [2.05, 4.69) is 33.7 Å². The quantitative estimate of drug-likeness (QED) is 0.547. The second-order valence-electron chi connectivity index (χ2n) is 7.71. The number of aryl methyl sites for hydroxylation is 3. The molecule has 4 rings (SSSR count). The van der Waals surface area contributed by atoms with E-state index < -0.39 is 0 Å². The smallest absolute Gasteiger partial charge is 0.230 e. The number of hydrogen-bond acceptors (Lipinski definition) is 6. The van der Waals surface area contributed by atoms with E-state index in [4.69, 9.17) is 9.47 Å². The van der Waals surface area contributed by atoms with Gasteiger partial charge in [-0.15, -0.1) is 10.2 Å². The molecule has 0 radical (unpaired) electrons. The zero-order valence-corrected chi connectivity index (χ0v) is 19.1. The minimum Gasteiger partial charge on any atom is -0.467 e. The molecule has 0 saturated heterocycles. The molecule has 168 valence electrons. The molecule has 1 aromatic heterocycles. The molecule has 9 heteroatoms. The minimum absolute atomic E-state index is 0.127. The van der Waals surface area contributed by atoms with Gasteiger partial charge in [0, 0.05) is 12.1 Å². The Bertz CT molecular complexity index is 1150. The normalized spacial score (nSPS) is 12.9. The summed E-state index contributed by atoms with van der Waals surface area (Å²) in [6.45, 7) is 6.82. The number of fused-ring (bicyclic) bond motifs is 1. The first kappa shape index (κ1) is 22.3. The van der Waals surface area contributed by atoms with Crippen molar-refractivity contribution in [2.45, 2.75) is 39.0 Å². The molecule has 1 amide bonds. The maximum Gasteiger partial charge on any atom is 0.230 e. The highest BCUT2D eigenvalue weighted by molar-refractivity contribution is 7.99. The average Bonchev–Trinajstić information content (AvgIpc) is 3.14. The highest BCUT2D eigenvalue weighted by Crippen LogP contribution is 2.29. The van der Waals surface area contributed by atoms with E-state index in [9.17, 15) is 9.18 Å². The molecule has 0 saturated carbocycles. The van der Waals surface area contributed by atoms with E-state index in [0.29, 0.717) is 36.0 Å². The van der Waals surface area contributed by atoms with Gasteiger partial charge < -0.3 is 14.8 Å². The lowest BCUT2D eigenvalue weighted by Gasteiger charge is -2.21. The topological polar surface area (TPSA) is 78.3 Å². The fourth-order valence-corrected chi connectivity index (χ4v) is 4.45. The van der Waals surface area contributed by atoms with E-state index in [1.807, 2.05) is 25.3 Å². The van der Waals surface area contributed by atoms with Crippen molar-refractivity contribution in [2.24, 2.45) is 0 Å². The number of hydrogen-bond donors (Lipinski definition) is 1. The molecule has 3 aromatic rings. The van der Waals surface area contributed by atoms with E-state index >= 15 is 0 Å². The van der Waals surface area contributed by atoms with Gasteiger partial charge in [-0.25, -0.2) is 4.39 Å². The molecule has 2 aromatic carbocycles. The molecule has 0 spiro atoms. The number of ether oxygens (including phenoxy) is 2. The Morgan fingerprint density at radius 1 is 1.22 bits per heavy atom. The standard InChI is InChI=1S/C23H25FN4O3S/c1-14-4-5-15(2)20(8-14)28-16(3)26-27-23(28)32-12-21(29)25-7-6-17-9-19(24)10-18-11-30-13-31-22(17)18/h4-5,8-10H,6-7,11-13H2,1-3H3,(H,25,29). The van der Waals surface area contributed by atoms with Crippen LogP contribution in [0.2, 0.25) is 0 Å². The van der Waals surface area contributed by atoms with E-state index in [-0.39, 0.29) is 24.3 Å². The summed E-state index contributed by atoms with van der Waals surface area (Å²) in [4.78, 5) is 12.4. The number of aromatic nitrogens is 3.